The van der Waals surface area contributed by atoms with Gasteiger partial charge in [-0.1, -0.05) is 24.3 Å². The topological polar surface area (TPSA) is 78.4 Å². The van der Waals surface area contributed by atoms with Crippen LogP contribution in [0.25, 0.3) is 0 Å². The number of benzene rings is 2. The third-order valence-electron chi connectivity index (χ3n) is 2.76. The van der Waals surface area contributed by atoms with Gasteiger partial charge in [0.25, 0.3) is 0 Å². The maximum atomic E-state index is 11.8. The summed E-state index contributed by atoms with van der Waals surface area (Å²) >= 11 is 0. The fourth-order valence-electron chi connectivity index (χ4n) is 1.73. The highest BCUT2D eigenvalue weighted by Gasteiger charge is 2.07. The van der Waals surface area contributed by atoms with Gasteiger partial charge < -0.3 is 15.7 Å². The quantitative estimate of drug-likeness (QED) is 0.800. The van der Waals surface area contributed by atoms with Gasteiger partial charge in [-0.15, -0.1) is 0 Å². The van der Waals surface area contributed by atoms with Crippen LogP contribution in [-0.4, -0.2) is 17.1 Å². The lowest BCUT2D eigenvalue weighted by molar-refractivity contribution is 0.0697. The zero-order chi connectivity index (χ0) is 14.5. The summed E-state index contributed by atoms with van der Waals surface area (Å²) in [6.45, 7) is 1.89. The number of carbonyl (C=O) groups is 2. The molecule has 0 fully saturated rings. The summed E-state index contributed by atoms with van der Waals surface area (Å²) in [6.07, 6.45) is 0. The molecule has 20 heavy (non-hydrogen) atoms. The summed E-state index contributed by atoms with van der Waals surface area (Å²) in [6, 6.07) is 13.1. The molecule has 0 aliphatic heterocycles. The number of carbonyl (C=O) groups excluding carboxylic acids is 1. The summed E-state index contributed by atoms with van der Waals surface area (Å²) < 4.78 is 0. The maximum absolute atomic E-state index is 11.8. The number of carboxylic acids is 1. The standard InChI is InChI=1S/C15H14N2O3/c1-10-5-2-3-8-13(10)17-15(20)16-12-7-4-6-11(9-12)14(18)19/h2-9H,1H3,(H,18,19)(H2,16,17,20). The van der Waals surface area contributed by atoms with Crippen molar-refractivity contribution in [1.82, 2.24) is 0 Å². The molecule has 0 aliphatic carbocycles. The highest BCUT2D eigenvalue weighted by molar-refractivity contribution is 6.01. The molecule has 0 saturated heterocycles. The predicted molar refractivity (Wildman–Crippen MR) is 77.2 cm³/mol. The van der Waals surface area contributed by atoms with E-state index >= 15 is 0 Å². The second-order valence-corrected chi connectivity index (χ2v) is 4.28. The molecule has 102 valence electrons. The van der Waals surface area contributed by atoms with E-state index in [0.717, 1.165) is 5.56 Å². The molecule has 5 heteroatoms. The molecular weight excluding hydrogens is 256 g/mol. The van der Waals surface area contributed by atoms with E-state index in [1.807, 2.05) is 25.1 Å². The predicted octanol–water partition coefficient (Wildman–Crippen LogP) is 3.34. The van der Waals surface area contributed by atoms with E-state index in [4.69, 9.17) is 5.11 Å². The smallest absolute Gasteiger partial charge is 0.335 e. The molecule has 0 aliphatic rings. The van der Waals surface area contributed by atoms with Crippen molar-refractivity contribution in [2.45, 2.75) is 6.92 Å². The minimum absolute atomic E-state index is 0.124. The van der Waals surface area contributed by atoms with Crippen molar-refractivity contribution in [2.75, 3.05) is 10.6 Å². The molecule has 0 aromatic heterocycles. The van der Waals surface area contributed by atoms with Crippen LogP contribution in [0.5, 0.6) is 0 Å². The van der Waals surface area contributed by atoms with Crippen molar-refractivity contribution < 1.29 is 14.7 Å². The number of para-hydroxylation sites is 1. The van der Waals surface area contributed by atoms with Crippen LogP contribution in [0.1, 0.15) is 15.9 Å². The van der Waals surface area contributed by atoms with E-state index in [1.54, 1.807) is 18.2 Å². The molecule has 0 bridgehead atoms. The van der Waals surface area contributed by atoms with Gasteiger partial charge in [0.2, 0.25) is 0 Å². The number of nitrogens with one attached hydrogen (secondary N) is 2. The number of aromatic carboxylic acids is 1. The largest absolute Gasteiger partial charge is 0.478 e. The van der Waals surface area contributed by atoms with Gasteiger partial charge in [-0.05, 0) is 36.8 Å². The first-order valence-corrected chi connectivity index (χ1v) is 6.03. The van der Waals surface area contributed by atoms with E-state index in [9.17, 15) is 9.59 Å². The molecule has 2 aromatic rings. The summed E-state index contributed by atoms with van der Waals surface area (Å²) in [5, 5.41) is 14.2. The number of carboxylic acid groups (broad SMARTS) is 1. The third kappa shape index (κ3) is 3.35. The molecular formula is C15H14N2O3. The Morgan fingerprint density at radius 3 is 2.45 bits per heavy atom. The number of amides is 2. The van der Waals surface area contributed by atoms with Gasteiger partial charge in [0, 0.05) is 11.4 Å². The molecule has 3 N–H and O–H groups in total. The molecule has 0 atom stereocenters. The second kappa shape index (κ2) is 5.88. The van der Waals surface area contributed by atoms with Crippen LogP contribution in [0.3, 0.4) is 0 Å². The Morgan fingerprint density at radius 1 is 1.00 bits per heavy atom. The average Bonchev–Trinajstić information content (AvgIpc) is 2.41. The first-order valence-electron chi connectivity index (χ1n) is 6.03. The molecule has 0 spiro atoms. The van der Waals surface area contributed by atoms with Crippen LogP contribution in [-0.2, 0) is 0 Å². The molecule has 0 saturated carbocycles. The second-order valence-electron chi connectivity index (χ2n) is 4.28. The summed E-state index contributed by atoms with van der Waals surface area (Å²) in [7, 11) is 0. The van der Waals surface area contributed by atoms with E-state index in [1.165, 1.54) is 12.1 Å². The number of aryl methyl sites for hydroxylation is 1. The van der Waals surface area contributed by atoms with Crippen molar-refractivity contribution in [3.63, 3.8) is 0 Å². The first-order chi connectivity index (χ1) is 9.56. The van der Waals surface area contributed by atoms with Gasteiger partial charge in [-0.3, -0.25) is 0 Å². The monoisotopic (exact) mass is 270 g/mol. The van der Waals surface area contributed by atoms with Gasteiger partial charge in [0.15, 0.2) is 0 Å². The lowest BCUT2D eigenvalue weighted by Gasteiger charge is -2.10. The van der Waals surface area contributed by atoms with E-state index in [2.05, 4.69) is 10.6 Å². The first kappa shape index (κ1) is 13.6. The van der Waals surface area contributed by atoms with Gasteiger partial charge in [0.1, 0.15) is 0 Å². The highest BCUT2D eigenvalue weighted by atomic mass is 16.4. The lowest BCUT2D eigenvalue weighted by Crippen LogP contribution is -2.20. The number of urea groups is 1. The van der Waals surface area contributed by atoms with Crippen LogP contribution in [0.4, 0.5) is 16.2 Å². The van der Waals surface area contributed by atoms with Gasteiger partial charge in [-0.25, -0.2) is 9.59 Å². The summed E-state index contributed by atoms with van der Waals surface area (Å²) in [5.41, 5.74) is 2.20. The van der Waals surface area contributed by atoms with Crippen molar-refractivity contribution in [3.8, 4) is 0 Å². The van der Waals surface area contributed by atoms with Crippen molar-refractivity contribution in [2.24, 2.45) is 0 Å². The fourth-order valence-corrected chi connectivity index (χ4v) is 1.73. The summed E-state index contributed by atoms with van der Waals surface area (Å²) in [4.78, 5) is 22.7. The molecule has 2 rings (SSSR count). The summed E-state index contributed by atoms with van der Waals surface area (Å²) in [5.74, 6) is -1.03. The van der Waals surface area contributed by atoms with Crippen LogP contribution in [0, 0.1) is 6.92 Å². The number of hydrogen-bond acceptors (Lipinski definition) is 2. The van der Waals surface area contributed by atoms with Crippen molar-refractivity contribution in [3.05, 3.63) is 59.7 Å². The zero-order valence-electron chi connectivity index (χ0n) is 10.9. The third-order valence-corrected chi connectivity index (χ3v) is 2.76. The van der Waals surface area contributed by atoms with E-state index in [-0.39, 0.29) is 5.56 Å². The van der Waals surface area contributed by atoms with Crippen molar-refractivity contribution in [1.29, 1.82) is 0 Å². The van der Waals surface area contributed by atoms with Crippen molar-refractivity contribution >= 4 is 23.4 Å². The molecule has 5 nitrogen and oxygen atoms in total. The van der Waals surface area contributed by atoms with E-state index < -0.39 is 12.0 Å². The maximum Gasteiger partial charge on any atom is 0.335 e. The Balaban J connectivity index is 2.07. The SMILES string of the molecule is Cc1ccccc1NC(=O)Nc1cccc(C(=O)O)c1. The lowest BCUT2D eigenvalue weighted by atomic mass is 10.2. The van der Waals surface area contributed by atoms with Crippen LogP contribution in [0.2, 0.25) is 0 Å². The van der Waals surface area contributed by atoms with Gasteiger partial charge in [0.05, 0.1) is 5.56 Å². The normalized spacial score (nSPS) is 9.85. The Morgan fingerprint density at radius 2 is 1.75 bits per heavy atom. The van der Waals surface area contributed by atoms with Crippen LogP contribution in [0.15, 0.2) is 48.5 Å². The Labute approximate surface area is 116 Å². The Hall–Kier alpha value is -2.82. The number of hydrogen-bond donors (Lipinski definition) is 3. The average molecular weight is 270 g/mol. The molecule has 0 radical (unpaired) electrons. The Kier molecular flexibility index (Phi) is 4.00. The fraction of sp³-hybridized carbons (Fsp3) is 0.0667. The highest BCUT2D eigenvalue weighted by Crippen LogP contribution is 2.15. The zero-order valence-corrected chi connectivity index (χ0v) is 10.9. The van der Waals surface area contributed by atoms with Gasteiger partial charge >= 0.3 is 12.0 Å². The number of rotatable bonds is 3. The molecule has 0 heterocycles. The number of anilines is 2. The van der Waals surface area contributed by atoms with Crippen LogP contribution < -0.4 is 10.6 Å². The minimum Gasteiger partial charge on any atom is -0.478 e. The molecule has 2 amide bonds. The molecule has 0 unspecified atom stereocenters. The van der Waals surface area contributed by atoms with E-state index in [0.29, 0.717) is 11.4 Å². The minimum atomic E-state index is -1.03. The molecule has 2 aromatic carbocycles. The van der Waals surface area contributed by atoms with Gasteiger partial charge in [-0.2, -0.15) is 0 Å². The Bertz CT molecular complexity index is 653. The van der Waals surface area contributed by atoms with Crippen LogP contribution >= 0.6 is 0 Å².